The Balaban J connectivity index is 1.70. The molecule has 0 unspecified atom stereocenters. The number of para-hydroxylation sites is 1. The van der Waals surface area contributed by atoms with Gasteiger partial charge in [0.05, 0.1) is 5.56 Å². The summed E-state index contributed by atoms with van der Waals surface area (Å²) in [5.74, 6) is -0.418. The van der Waals surface area contributed by atoms with Crippen molar-refractivity contribution < 1.29 is 18.3 Å². The maximum Gasteiger partial charge on any atom is 0.387 e. The van der Waals surface area contributed by atoms with Crippen molar-refractivity contribution in [3.8, 4) is 5.75 Å². The number of nitrogens with one attached hydrogen (secondary N) is 1. The fourth-order valence-corrected chi connectivity index (χ4v) is 4.38. The lowest BCUT2D eigenvalue weighted by Crippen LogP contribution is -2.58. The minimum absolute atomic E-state index is 0.00679. The van der Waals surface area contributed by atoms with Gasteiger partial charge >= 0.3 is 6.61 Å². The zero-order chi connectivity index (χ0) is 18.4. The second-order valence-electron chi connectivity index (χ2n) is 7.39. The maximum atomic E-state index is 12.7. The summed E-state index contributed by atoms with van der Waals surface area (Å²) < 4.78 is 29.7. The monoisotopic (exact) mass is 366 g/mol. The third-order valence-electron chi connectivity index (χ3n) is 5.74. The lowest BCUT2D eigenvalue weighted by Gasteiger charge is -2.48. The number of halogens is 2. The fraction of sp³-hybridized carbons (Fsp3) is 0.650. The van der Waals surface area contributed by atoms with Crippen LogP contribution in [0.2, 0.25) is 0 Å². The van der Waals surface area contributed by atoms with Crippen LogP contribution in [-0.4, -0.2) is 42.6 Å². The third-order valence-corrected chi connectivity index (χ3v) is 5.74. The van der Waals surface area contributed by atoms with Crippen molar-refractivity contribution >= 4 is 5.91 Å². The second-order valence-corrected chi connectivity index (χ2v) is 7.39. The molecule has 0 radical (unpaired) electrons. The molecule has 1 amide bonds. The van der Waals surface area contributed by atoms with Crippen LogP contribution in [0.3, 0.4) is 0 Å². The minimum atomic E-state index is -2.94. The molecule has 0 atom stereocenters. The zero-order valence-corrected chi connectivity index (χ0v) is 15.2. The summed E-state index contributed by atoms with van der Waals surface area (Å²) in [5, 5.41) is 3.01. The highest BCUT2D eigenvalue weighted by Gasteiger charge is 2.38. The van der Waals surface area contributed by atoms with Crippen LogP contribution in [0.4, 0.5) is 8.78 Å². The van der Waals surface area contributed by atoms with Crippen LogP contribution in [0.15, 0.2) is 24.3 Å². The molecule has 1 N–H and O–H groups in total. The number of hydrogen-bond donors (Lipinski definition) is 1. The number of rotatable bonds is 6. The highest BCUT2D eigenvalue weighted by atomic mass is 19.3. The molecule has 2 fully saturated rings. The Kier molecular flexibility index (Phi) is 6.46. The van der Waals surface area contributed by atoms with Gasteiger partial charge in [-0.15, -0.1) is 0 Å². The fourth-order valence-electron chi connectivity index (χ4n) is 4.38. The quantitative estimate of drug-likeness (QED) is 0.820. The molecule has 1 aromatic rings. The molecule has 1 aliphatic carbocycles. The van der Waals surface area contributed by atoms with E-state index in [1.54, 1.807) is 12.1 Å². The Hall–Kier alpha value is -1.69. The van der Waals surface area contributed by atoms with E-state index in [0.29, 0.717) is 6.54 Å². The molecule has 1 heterocycles. The van der Waals surface area contributed by atoms with Gasteiger partial charge in [-0.25, -0.2) is 0 Å². The van der Waals surface area contributed by atoms with E-state index in [1.165, 1.54) is 50.7 Å². The van der Waals surface area contributed by atoms with Crippen LogP contribution in [0.25, 0.3) is 0 Å². The molecule has 1 saturated heterocycles. The van der Waals surface area contributed by atoms with Crippen molar-refractivity contribution in [1.29, 1.82) is 0 Å². The van der Waals surface area contributed by atoms with Crippen LogP contribution >= 0.6 is 0 Å². The number of piperidine rings is 1. The first kappa shape index (κ1) is 19.1. The van der Waals surface area contributed by atoms with E-state index in [1.807, 2.05) is 0 Å². The molecular weight excluding hydrogens is 338 g/mol. The molecule has 1 aliphatic heterocycles. The van der Waals surface area contributed by atoms with Crippen LogP contribution in [-0.2, 0) is 0 Å². The molecule has 6 heteroatoms. The largest absolute Gasteiger partial charge is 0.434 e. The summed E-state index contributed by atoms with van der Waals surface area (Å²) in [5.41, 5.74) is 0.171. The van der Waals surface area contributed by atoms with Gasteiger partial charge in [0.1, 0.15) is 5.75 Å². The summed E-state index contributed by atoms with van der Waals surface area (Å²) in [7, 11) is 0. The number of likely N-dealkylation sites (tertiary alicyclic amines) is 1. The van der Waals surface area contributed by atoms with Crippen molar-refractivity contribution in [1.82, 2.24) is 10.2 Å². The average molecular weight is 366 g/mol. The van der Waals surface area contributed by atoms with E-state index in [9.17, 15) is 13.6 Å². The number of ether oxygens (including phenoxy) is 1. The number of carbonyl (C=O) groups is 1. The number of amides is 1. The minimum Gasteiger partial charge on any atom is -0.434 e. The summed E-state index contributed by atoms with van der Waals surface area (Å²) in [4.78, 5) is 15.2. The predicted molar refractivity (Wildman–Crippen MR) is 96.6 cm³/mol. The van der Waals surface area contributed by atoms with Gasteiger partial charge < -0.3 is 10.1 Å². The molecule has 144 valence electrons. The van der Waals surface area contributed by atoms with Crippen molar-refractivity contribution in [2.45, 2.75) is 63.5 Å². The smallest absolute Gasteiger partial charge is 0.387 e. The van der Waals surface area contributed by atoms with Crippen molar-refractivity contribution in [3.05, 3.63) is 29.8 Å². The summed E-state index contributed by atoms with van der Waals surface area (Å²) >= 11 is 0. The van der Waals surface area contributed by atoms with E-state index in [0.717, 1.165) is 25.9 Å². The Labute approximate surface area is 153 Å². The molecule has 3 rings (SSSR count). The Morgan fingerprint density at radius 1 is 1.08 bits per heavy atom. The van der Waals surface area contributed by atoms with Crippen LogP contribution < -0.4 is 10.1 Å². The normalized spacial score (nSPS) is 20.7. The highest BCUT2D eigenvalue weighted by molar-refractivity contribution is 5.96. The van der Waals surface area contributed by atoms with Crippen LogP contribution in [0.5, 0.6) is 5.75 Å². The molecule has 0 aromatic heterocycles. The topological polar surface area (TPSA) is 41.6 Å². The van der Waals surface area contributed by atoms with Crippen molar-refractivity contribution in [2.75, 3.05) is 19.6 Å². The lowest BCUT2D eigenvalue weighted by molar-refractivity contribution is -0.0501. The van der Waals surface area contributed by atoms with Gasteiger partial charge in [-0.2, -0.15) is 8.78 Å². The van der Waals surface area contributed by atoms with E-state index in [-0.39, 0.29) is 22.8 Å². The second kappa shape index (κ2) is 8.80. The molecule has 26 heavy (non-hydrogen) atoms. The first-order chi connectivity index (χ1) is 12.6. The predicted octanol–water partition coefficient (Wildman–Crippen LogP) is 4.21. The van der Waals surface area contributed by atoms with Gasteiger partial charge in [0.2, 0.25) is 0 Å². The Bertz CT molecular complexity index is 597. The average Bonchev–Trinajstić information content (AvgIpc) is 2.67. The van der Waals surface area contributed by atoms with E-state index < -0.39 is 6.61 Å². The summed E-state index contributed by atoms with van der Waals surface area (Å²) in [6, 6.07) is 6.18. The molecule has 0 spiro atoms. The summed E-state index contributed by atoms with van der Waals surface area (Å²) in [6.07, 6.45) is 9.47. The van der Waals surface area contributed by atoms with Crippen molar-refractivity contribution in [2.24, 2.45) is 0 Å². The number of benzene rings is 1. The zero-order valence-electron chi connectivity index (χ0n) is 15.2. The van der Waals surface area contributed by atoms with Crippen molar-refractivity contribution in [3.63, 3.8) is 0 Å². The molecule has 1 saturated carbocycles. The lowest BCUT2D eigenvalue weighted by atomic mass is 9.79. The summed E-state index contributed by atoms with van der Waals surface area (Å²) in [6.45, 7) is -0.210. The van der Waals surface area contributed by atoms with Crippen LogP contribution in [0, 0.1) is 0 Å². The number of carbonyl (C=O) groups excluding carboxylic acids is 1. The van der Waals surface area contributed by atoms with E-state index in [2.05, 4.69) is 15.0 Å². The van der Waals surface area contributed by atoms with E-state index in [4.69, 9.17) is 0 Å². The molecular formula is C20H28F2N2O2. The molecule has 0 bridgehead atoms. The van der Waals surface area contributed by atoms with Gasteiger partial charge in [0, 0.05) is 12.1 Å². The van der Waals surface area contributed by atoms with E-state index >= 15 is 0 Å². The van der Waals surface area contributed by atoms with Gasteiger partial charge in [0.15, 0.2) is 0 Å². The Morgan fingerprint density at radius 3 is 2.42 bits per heavy atom. The Morgan fingerprint density at radius 2 is 1.73 bits per heavy atom. The van der Waals surface area contributed by atoms with Gasteiger partial charge in [0.25, 0.3) is 5.91 Å². The van der Waals surface area contributed by atoms with Crippen LogP contribution in [0.1, 0.15) is 61.7 Å². The number of hydrogen-bond acceptors (Lipinski definition) is 3. The van der Waals surface area contributed by atoms with Gasteiger partial charge in [-0.1, -0.05) is 37.8 Å². The highest BCUT2D eigenvalue weighted by Crippen LogP contribution is 2.35. The molecule has 4 nitrogen and oxygen atoms in total. The maximum absolute atomic E-state index is 12.7. The number of alkyl halides is 2. The van der Waals surface area contributed by atoms with Gasteiger partial charge in [-0.05, 0) is 50.9 Å². The first-order valence-corrected chi connectivity index (χ1v) is 9.68. The molecule has 2 aliphatic rings. The number of nitrogens with zero attached hydrogens (tertiary/aromatic N) is 1. The SMILES string of the molecule is O=C(NCC1(N2CCCCC2)CCCCC1)c1ccccc1OC(F)F. The molecule has 1 aromatic carbocycles. The standard InChI is InChI=1S/C20H28F2N2O2/c21-19(22)26-17-10-4-3-9-16(17)18(25)23-15-20(11-5-1-6-12-20)24-13-7-2-8-14-24/h3-4,9-10,19H,1-2,5-8,11-15H2,(H,23,25). The third kappa shape index (κ3) is 4.53. The first-order valence-electron chi connectivity index (χ1n) is 9.68. The van der Waals surface area contributed by atoms with Gasteiger partial charge in [-0.3, -0.25) is 9.69 Å².